The molecule has 0 unspecified atom stereocenters. The van der Waals surface area contributed by atoms with Crippen molar-refractivity contribution in [1.82, 2.24) is 0 Å². The molecule has 2 aromatic carbocycles. The maximum Gasteiger partial charge on any atom is 2.00 e. The van der Waals surface area contributed by atoms with Gasteiger partial charge in [-0.05, 0) is 12.1 Å². The minimum Gasteiger partial charge on any atom is -0.773 e. The van der Waals surface area contributed by atoms with Gasteiger partial charge in [0.25, 0.3) is 11.4 Å². The number of hydrogen-bond acceptors (Lipinski definition) is 8. The van der Waals surface area contributed by atoms with Crippen LogP contribution in [0.1, 0.15) is 20.7 Å². The Hall–Kier alpha value is -2.76. The fourth-order valence-corrected chi connectivity index (χ4v) is 1.99. The van der Waals surface area contributed by atoms with E-state index in [0.29, 0.717) is 0 Å². The third kappa shape index (κ3) is 6.81. The summed E-state index contributed by atoms with van der Waals surface area (Å²) in [5.41, 5.74) is -0.981. The SMILES string of the molecule is O=C(O)c1ccc([S-])c([N+](=O)[O-])c1.O=C(O)c1ccc([S-])c([N+](=O)[O-])c1.[Zn+2]. The average Bonchev–Trinajstić information content (AvgIpc) is 2.55. The van der Waals surface area contributed by atoms with Crippen molar-refractivity contribution in [2.24, 2.45) is 0 Å². The molecule has 0 aromatic heterocycles. The van der Waals surface area contributed by atoms with E-state index in [0.717, 1.165) is 12.1 Å². The van der Waals surface area contributed by atoms with Crippen molar-refractivity contribution in [3.05, 3.63) is 67.8 Å². The van der Waals surface area contributed by atoms with E-state index in [1.807, 2.05) is 0 Å². The number of benzene rings is 2. The summed E-state index contributed by atoms with van der Waals surface area (Å²) in [5.74, 6) is -2.42. The molecule has 0 aliphatic heterocycles. The first kappa shape index (κ1) is 24.2. The molecule has 136 valence electrons. The summed E-state index contributed by atoms with van der Waals surface area (Å²) in [5, 5.41) is 37.7. The van der Waals surface area contributed by atoms with E-state index in [4.69, 9.17) is 10.2 Å². The summed E-state index contributed by atoms with van der Waals surface area (Å²) in [4.78, 5) is 40.2. The van der Waals surface area contributed by atoms with Gasteiger partial charge in [0.1, 0.15) is 0 Å². The molecular weight excluding hydrogens is 454 g/mol. The van der Waals surface area contributed by atoms with Crippen molar-refractivity contribution in [1.29, 1.82) is 0 Å². The maximum absolute atomic E-state index is 10.4. The van der Waals surface area contributed by atoms with E-state index < -0.39 is 21.8 Å². The molecule has 0 atom stereocenters. The van der Waals surface area contributed by atoms with Crippen LogP contribution in [-0.4, -0.2) is 32.0 Å². The Labute approximate surface area is 175 Å². The number of carboxylic acids is 2. The van der Waals surface area contributed by atoms with Gasteiger partial charge in [-0.3, -0.25) is 20.2 Å². The average molecular weight is 462 g/mol. The summed E-state index contributed by atoms with van der Waals surface area (Å²) in [7, 11) is 0. The monoisotopic (exact) mass is 460 g/mol. The second-order valence-corrected chi connectivity index (χ2v) is 5.37. The summed E-state index contributed by atoms with van der Waals surface area (Å²) in [6.45, 7) is 0. The molecule has 2 N–H and O–H groups in total. The number of hydrogen-bond donors (Lipinski definition) is 2. The smallest absolute Gasteiger partial charge is 0.773 e. The Morgan fingerprint density at radius 2 is 1.07 bits per heavy atom. The molecule has 0 heterocycles. The molecule has 0 aliphatic rings. The molecule has 0 saturated carbocycles. The van der Waals surface area contributed by atoms with Gasteiger partial charge in [-0.15, -0.1) is 0 Å². The first-order chi connectivity index (χ1) is 12.0. The molecule has 13 heteroatoms. The van der Waals surface area contributed by atoms with Crippen molar-refractivity contribution in [3.63, 3.8) is 0 Å². The van der Waals surface area contributed by atoms with Crippen LogP contribution in [0, 0.1) is 20.2 Å². The van der Waals surface area contributed by atoms with Crippen LogP contribution < -0.4 is 0 Å². The van der Waals surface area contributed by atoms with Gasteiger partial charge in [-0.2, -0.15) is 0 Å². The predicted octanol–water partition coefficient (Wildman–Crippen LogP) is 2.40. The van der Waals surface area contributed by atoms with Gasteiger partial charge in [0.15, 0.2) is 0 Å². The van der Waals surface area contributed by atoms with Crippen LogP contribution in [0.4, 0.5) is 11.4 Å². The van der Waals surface area contributed by atoms with Gasteiger partial charge in [-0.1, -0.05) is 21.9 Å². The van der Waals surface area contributed by atoms with E-state index in [-0.39, 0.29) is 51.8 Å². The van der Waals surface area contributed by atoms with Crippen molar-refractivity contribution < 1.29 is 49.1 Å². The molecule has 2 aromatic rings. The number of nitrogens with zero attached hydrogens (tertiary/aromatic N) is 2. The number of rotatable bonds is 4. The van der Waals surface area contributed by atoms with Crippen LogP contribution in [0.3, 0.4) is 0 Å². The van der Waals surface area contributed by atoms with Gasteiger partial charge in [0, 0.05) is 12.1 Å². The topological polar surface area (TPSA) is 161 Å². The molecule has 0 radical (unpaired) electrons. The zero-order chi connectivity index (χ0) is 20.0. The number of nitro benzene ring substituents is 2. The molecule has 0 spiro atoms. The second kappa shape index (κ2) is 10.4. The van der Waals surface area contributed by atoms with Crippen LogP contribution >= 0.6 is 0 Å². The maximum atomic E-state index is 10.4. The third-order valence-electron chi connectivity index (χ3n) is 2.81. The molecule has 27 heavy (non-hydrogen) atoms. The van der Waals surface area contributed by atoms with E-state index in [2.05, 4.69) is 25.3 Å². The van der Waals surface area contributed by atoms with E-state index in [9.17, 15) is 29.8 Å². The summed E-state index contributed by atoms with van der Waals surface area (Å²) >= 11 is 9.28. The zero-order valence-corrected chi connectivity index (χ0v) is 17.8. The standard InChI is InChI=1S/2C7H5NO4S.Zn/c2*9-7(10)4-1-2-6(13)5(3-4)8(11)12;/h2*1-3,13H,(H,9,10);/q;;+2/p-2. The van der Waals surface area contributed by atoms with Crippen LogP contribution in [0.25, 0.3) is 0 Å². The fraction of sp³-hybridized carbons (Fsp3) is 0. The Bertz CT molecular complexity index is 833. The van der Waals surface area contributed by atoms with Gasteiger partial charge < -0.3 is 35.5 Å². The van der Waals surface area contributed by atoms with Crippen LogP contribution in [0.15, 0.2) is 46.2 Å². The van der Waals surface area contributed by atoms with Crippen LogP contribution in [0.2, 0.25) is 0 Å². The largest absolute Gasteiger partial charge is 2.00 e. The Kier molecular flexibility index (Phi) is 9.34. The molecule has 0 fully saturated rings. The van der Waals surface area contributed by atoms with Gasteiger partial charge in [0.2, 0.25) is 0 Å². The third-order valence-corrected chi connectivity index (χ3v) is 3.50. The van der Waals surface area contributed by atoms with E-state index in [1.54, 1.807) is 0 Å². The number of carboxylic acid groups (broad SMARTS) is 2. The van der Waals surface area contributed by atoms with Crippen LogP contribution in [0.5, 0.6) is 0 Å². The summed E-state index contributed by atoms with van der Waals surface area (Å²) < 4.78 is 0. The quantitative estimate of drug-likeness (QED) is 0.299. The first-order valence-electron chi connectivity index (χ1n) is 6.42. The molecule has 10 nitrogen and oxygen atoms in total. The Morgan fingerprint density at radius 1 is 0.778 bits per heavy atom. The minimum absolute atomic E-state index is 0. The van der Waals surface area contributed by atoms with E-state index in [1.165, 1.54) is 24.3 Å². The number of nitro groups is 2. The summed E-state index contributed by atoms with van der Waals surface area (Å²) in [6, 6.07) is 6.83. The first-order valence-corrected chi connectivity index (χ1v) is 7.23. The predicted molar refractivity (Wildman–Crippen MR) is 91.4 cm³/mol. The van der Waals surface area contributed by atoms with Gasteiger partial charge >= 0.3 is 31.4 Å². The molecule has 0 amide bonds. The van der Waals surface area contributed by atoms with E-state index >= 15 is 0 Å². The second-order valence-electron chi connectivity index (χ2n) is 4.49. The molecule has 2 rings (SSSR count). The molecule has 0 saturated heterocycles. The molecule has 0 bridgehead atoms. The Morgan fingerprint density at radius 3 is 1.30 bits per heavy atom. The molecule has 0 aliphatic carbocycles. The number of carbonyl (C=O) groups is 2. The normalized spacial score (nSPS) is 9.19. The van der Waals surface area contributed by atoms with Crippen molar-refractivity contribution >= 4 is 48.6 Å². The van der Waals surface area contributed by atoms with Crippen molar-refractivity contribution in [2.75, 3.05) is 0 Å². The van der Waals surface area contributed by atoms with Crippen molar-refractivity contribution in [2.45, 2.75) is 9.79 Å². The van der Waals surface area contributed by atoms with Gasteiger partial charge in [0.05, 0.1) is 21.0 Å². The number of aromatic carboxylic acids is 2. The Balaban J connectivity index is 0.000000483. The minimum atomic E-state index is -1.21. The van der Waals surface area contributed by atoms with Crippen LogP contribution in [-0.2, 0) is 44.7 Å². The zero-order valence-electron chi connectivity index (χ0n) is 13.2. The summed E-state index contributed by atoms with van der Waals surface area (Å²) in [6.07, 6.45) is 0. The van der Waals surface area contributed by atoms with Gasteiger partial charge in [-0.25, -0.2) is 9.59 Å². The fourth-order valence-electron chi connectivity index (χ4n) is 1.59. The molecular formula is C14H8N2O8S2Zn. The van der Waals surface area contributed by atoms with Crippen molar-refractivity contribution in [3.8, 4) is 0 Å².